The molecular weight excluding hydrogens is 328 g/mol. The summed E-state index contributed by atoms with van der Waals surface area (Å²) in [7, 11) is 0. The molecule has 3 aromatic rings. The van der Waals surface area contributed by atoms with Gasteiger partial charge in [-0.2, -0.15) is 0 Å². The average Bonchev–Trinajstić information content (AvgIpc) is 3.01. The van der Waals surface area contributed by atoms with Crippen LogP contribution < -0.4 is 0 Å². The maximum atomic E-state index is 9.44. The zero-order valence-electron chi connectivity index (χ0n) is 15.9. The lowest BCUT2D eigenvalue weighted by Gasteiger charge is -2.00. The van der Waals surface area contributed by atoms with Crippen molar-refractivity contribution < 1.29 is 4.79 Å². The van der Waals surface area contributed by atoms with E-state index in [-0.39, 0.29) is 5.78 Å². The first-order valence-electron chi connectivity index (χ1n) is 9.21. The quantitative estimate of drug-likeness (QED) is 0.497. The minimum Gasteiger partial charge on any atom is -0.300 e. The highest BCUT2D eigenvalue weighted by Gasteiger charge is 2.20. The Hall–Kier alpha value is -3.19. The molecule has 0 aliphatic heterocycles. The number of allylic oxidation sites excluding steroid dienone is 2. The predicted octanol–water partition coefficient (Wildman–Crippen LogP) is 6.77. The van der Waals surface area contributed by atoms with Crippen LogP contribution in [0, 0.1) is 0 Å². The van der Waals surface area contributed by atoms with Gasteiger partial charge in [-0.3, -0.25) is 0 Å². The molecule has 0 saturated heterocycles. The van der Waals surface area contributed by atoms with Crippen LogP contribution in [0.2, 0.25) is 0 Å². The van der Waals surface area contributed by atoms with Crippen LogP contribution in [0.15, 0.2) is 84.9 Å². The number of benzene rings is 3. The number of Topliss-reactive ketones (excluding diaryl/α,β-unsaturated/α-hetero) is 1. The summed E-state index contributed by atoms with van der Waals surface area (Å²) in [5.74, 6) is 0.167. The molecule has 0 fully saturated rings. The summed E-state index contributed by atoms with van der Waals surface area (Å²) in [6, 6.07) is 29.9. The van der Waals surface area contributed by atoms with Crippen LogP contribution in [0.1, 0.15) is 42.5 Å². The van der Waals surface area contributed by atoms with E-state index < -0.39 is 0 Å². The van der Waals surface area contributed by atoms with E-state index in [0.717, 1.165) is 6.42 Å². The summed E-state index contributed by atoms with van der Waals surface area (Å²) >= 11 is 0. The minimum absolute atomic E-state index is 0.167. The Bertz CT molecular complexity index is 885. The normalized spacial score (nSPS) is 15.2. The van der Waals surface area contributed by atoms with E-state index in [0.29, 0.717) is 0 Å². The van der Waals surface area contributed by atoms with Crippen LogP contribution in [0.5, 0.6) is 0 Å². The van der Waals surface area contributed by atoms with E-state index in [1.807, 2.05) is 0 Å². The van der Waals surface area contributed by atoms with E-state index in [2.05, 4.69) is 97.1 Å². The molecule has 0 N–H and O–H groups in total. The number of hydrogen-bond donors (Lipinski definition) is 0. The second-order valence-corrected chi connectivity index (χ2v) is 6.79. The van der Waals surface area contributed by atoms with Gasteiger partial charge in [-0.25, -0.2) is 0 Å². The van der Waals surface area contributed by atoms with Gasteiger partial charge in [-0.1, -0.05) is 97.1 Å². The highest BCUT2D eigenvalue weighted by Crippen LogP contribution is 2.42. The fourth-order valence-electron chi connectivity index (χ4n) is 3.20. The highest BCUT2D eigenvalue weighted by atomic mass is 16.1. The van der Waals surface area contributed by atoms with Gasteiger partial charge in [0.05, 0.1) is 0 Å². The molecule has 27 heavy (non-hydrogen) atoms. The molecule has 134 valence electrons. The molecule has 0 aromatic heterocycles. The van der Waals surface area contributed by atoms with Crippen molar-refractivity contribution in [3.05, 3.63) is 107 Å². The highest BCUT2D eigenvalue weighted by molar-refractivity contribution is 6.02. The number of fused-ring (bicyclic) bond motifs is 1. The Morgan fingerprint density at radius 2 is 0.963 bits per heavy atom. The smallest absolute Gasteiger partial charge is 0.126 e. The Kier molecular flexibility index (Phi) is 6.17. The van der Waals surface area contributed by atoms with Crippen molar-refractivity contribution in [1.29, 1.82) is 0 Å². The molecule has 1 aliphatic rings. The number of carbonyl (C=O) groups is 1. The van der Waals surface area contributed by atoms with Gasteiger partial charge in [0, 0.05) is 0 Å². The van der Waals surface area contributed by atoms with Gasteiger partial charge in [0.25, 0.3) is 0 Å². The summed E-state index contributed by atoms with van der Waals surface area (Å²) in [6.07, 6.45) is 5.61. The van der Waals surface area contributed by atoms with Crippen LogP contribution in [0.3, 0.4) is 0 Å². The summed E-state index contributed by atoms with van der Waals surface area (Å²) in [5.41, 5.74) is 8.04. The Labute approximate surface area is 161 Å². The molecule has 1 aliphatic carbocycles. The second kappa shape index (κ2) is 8.95. The van der Waals surface area contributed by atoms with Crippen molar-refractivity contribution in [3.63, 3.8) is 0 Å². The van der Waals surface area contributed by atoms with Gasteiger partial charge in [0.2, 0.25) is 0 Å². The number of ketones is 1. The van der Waals surface area contributed by atoms with Gasteiger partial charge in [-0.05, 0) is 53.7 Å². The van der Waals surface area contributed by atoms with Gasteiger partial charge < -0.3 is 4.79 Å². The van der Waals surface area contributed by atoms with Crippen molar-refractivity contribution in [2.45, 2.75) is 20.3 Å². The lowest BCUT2D eigenvalue weighted by molar-refractivity contribution is -0.114. The third-order valence-corrected chi connectivity index (χ3v) is 4.28. The van der Waals surface area contributed by atoms with Crippen molar-refractivity contribution >= 4 is 29.1 Å². The van der Waals surface area contributed by atoms with Crippen LogP contribution in [-0.2, 0) is 4.79 Å². The average molecular weight is 352 g/mol. The largest absolute Gasteiger partial charge is 0.300 e. The first-order valence-corrected chi connectivity index (χ1v) is 9.21. The SMILES string of the molecule is C(=C1CC(=Cc2ccccc2)c2ccccc21)c1ccccc1.CC(C)=O. The van der Waals surface area contributed by atoms with Crippen LogP contribution >= 0.6 is 0 Å². The molecule has 3 aromatic carbocycles. The number of rotatable bonds is 2. The predicted molar refractivity (Wildman–Crippen MR) is 116 cm³/mol. The summed E-state index contributed by atoms with van der Waals surface area (Å²) in [4.78, 5) is 9.44. The Balaban J connectivity index is 0.000000481. The standard InChI is InChI=1S/C23H18.C3H6O/c1-3-9-18(10-4-1)15-20-17-21(16-19-11-5-2-6-12-19)23-14-8-7-13-22(20)23;1-3(2)4/h1-16H,17H2;1-2H3. The zero-order chi connectivity index (χ0) is 19.1. The number of hydrogen-bond acceptors (Lipinski definition) is 1. The summed E-state index contributed by atoms with van der Waals surface area (Å²) in [5, 5.41) is 0. The molecule has 0 amide bonds. The summed E-state index contributed by atoms with van der Waals surface area (Å²) in [6.45, 7) is 3.06. The minimum atomic E-state index is 0.167. The van der Waals surface area contributed by atoms with Gasteiger partial charge in [0.1, 0.15) is 5.78 Å². The van der Waals surface area contributed by atoms with Gasteiger partial charge >= 0.3 is 0 Å². The lowest BCUT2D eigenvalue weighted by Crippen LogP contribution is -1.80. The van der Waals surface area contributed by atoms with Gasteiger partial charge in [-0.15, -0.1) is 0 Å². The third kappa shape index (κ3) is 5.15. The maximum absolute atomic E-state index is 9.44. The summed E-state index contributed by atoms with van der Waals surface area (Å²) < 4.78 is 0. The third-order valence-electron chi connectivity index (χ3n) is 4.28. The topological polar surface area (TPSA) is 17.1 Å². The Morgan fingerprint density at radius 1 is 0.630 bits per heavy atom. The van der Waals surface area contributed by atoms with Crippen molar-refractivity contribution in [2.75, 3.05) is 0 Å². The van der Waals surface area contributed by atoms with Crippen LogP contribution in [-0.4, -0.2) is 5.78 Å². The van der Waals surface area contributed by atoms with Crippen molar-refractivity contribution in [3.8, 4) is 0 Å². The molecule has 0 atom stereocenters. The fraction of sp³-hybridized carbons (Fsp3) is 0.115. The molecule has 0 radical (unpaired) electrons. The fourth-order valence-corrected chi connectivity index (χ4v) is 3.20. The van der Waals surface area contributed by atoms with Crippen LogP contribution in [0.4, 0.5) is 0 Å². The second-order valence-electron chi connectivity index (χ2n) is 6.79. The molecule has 0 saturated carbocycles. The monoisotopic (exact) mass is 352 g/mol. The van der Waals surface area contributed by atoms with Gasteiger partial charge in [0.15, 0.2) is 0 Å². The molecule has 0 spiro atoms. The zero-order valence-corrected chi connectivity index (χ0v) is 15.9. The lowest BCUT2D eigenvalue weighted by atomic mass is 10.0. The maximum Gasteiger partial charge on any atom is 0.126 e. The van der Waals surface area contributed by atoms with Crippen LogP contribution in [0.25, 0.3) is 23.3 Å². The van der Waals surface area contributed by atoms with Crippen molar-refractivity contribution in [2.24, 2.45) is 0 Å². The van der Waals surface area contributed by atoms with E-state index in [1.54, 1.807) is 0 Å². The molecule has 0 unspecified atom stereocenters. The molecular formula is C26H24O. The molecule has 1 nitrogen and oxygen atoms in total. The molecule has 0 heterocycles. The van der Waals surface area contributed by atoms with E-state index in [1.165, 1.54) is 47.2 Å². The number of carbonyl (C=O) groups excluding carboxylic acids is 1. The molecule has 4 rings (SSSR count). The van der Waals surface area contributed by atoms with E-state index in [4.69, 9.17) is 0 Å². The Morgan fingerprint density at radius 3 is 1.33 bits per heavy atom. The van der Waals surface area contributed by atoms with E-state index in [9.17, 15) is 4.79 Å². The first kappa shape index (κ1) is 18.6. The molecule has 0 bridgehead atoms. The molecule has 1 heteroatoms. The first-order chi connectivity index (χ1) is 13.1. The van der Waals surface area contributed by atoms with E-state index >= 15 is 0 Å². The van der Waals surface area contributed by atoms with Crippen molar-refractivity contribution in [1.82, 2.24) is 0 Å².